The van der Waals surface area contributed by atoms with Crippen molar-refractivity contribution in [3.05, 3.63) is 87.3 Å². The molecule has 1 aromatic heterocycles. The maximum absolute atomic E-state index is 12.6. The fourth-order valence-electron chi connectivity index (χ4n) is 4.09. The fourth-order valence-corrected chi connectivity index (χ4v) is 5.38. The van der Waals surface area contributed by atoms with Gasteiger partial charge in [0, 0.05) is 29.6 Å². The molecule has 0 radical (unpaired) electrons. The van der Waals surface area contributed by atoms with Crippen molar-refractivity contribution in [1.82, 2.24) is 4.90 Å². The number of anilines is 1. The van der Waals surface area contributed by atoms with Crippen LogP contribution in [0.1, 0.15) is 39.6 Å². The van der Waals surface area contributed by atoms with Crippen molar-refractivity contribution in [3.63, 3.8) is 0 Å². The van der Waals surface area contributed by atoms with Crippen LogP contribution in [0.15, 0.2) is 54.6 Å². The molecule has 1 N–H and O–H groups in total. The Kier molecular flexibility index (Phi) is 6.50. The zero-order valence-electron chi connectivity index (χ0n) is 18.0. The number of nitriles is 1. The van der Waals surface area contributed by atoms with Crippen LogP contribution in [0.25, 0.3) is 0 Å². The minimum Gasteiger partial charge on any atom is -0.316 e. The van der Waals surface area contributed by atoms with Crippen molar-refractivity contribution in [3.8, 4) is 6.07 Å². The predicted octanol–water partition coefficient (Wildman–Crippen LogP) is 5.10. The Morgan fingerprint density at radius 1 is 1.16 bits per heavy atom. The number of nitrogens with one attached hydrogen (secondary N) is 1. The first kappa shape index (κ1) is 21.3. The van der Waals surface area contributed by atoms with Gasteiger partial charge in [-0.15, -0.1) is 11.3 Å². The molecule has 1 aliphatic rings. The number of amides is 1. The van der Waals surface area contributed by atoms with Gasteiger partial charge in [0.15, 0.2) is 0 Å². The highest BCUT2D eigenvalue weighted by molar-refractivity contribution is 7.16. The molecule has 0 fully saturated rings. The number of thiophene rings is 1. The highest BCUT2D eigenvalue weighted by atomic mass is 32.1. The zero-order chi connectivity index (χ0) is 21.8. The lowest BCUT2D eigenvalue weighted by Crippen LogP contribution is -2.39. The third-order valence-corrected chi connectivity index (χ3v) is 7.11. The summed E-state index contributed by atoms with van der Waals surface area (Å²) in [5.41, 5.74) is 5.20. The molecule has 1 aliphatic heterocycles. The number of carbonyl (C=O) groups excluding carboxylic acids is 1. The molecule has 0 saturated heterocycles. The van der Waals surface area contributed by atoms with E-state index in [-0.39, 0.29) is 5.91 Å². The van der Waals surface area contributed by atoms with Gasteiger partial charge in [-0.25, -0.2) is 0 Å². The van der Waals surface area contributed by atoms with Gasteiger partial charge in [-0.05, 0) is 37.8 Å². The second-order valence-corrected chi connectivity index (χ2v) is 9.39. The van der Waals surface area contributed by atoms with Crippen LogP contribution in [0.5, 0.6) is 0 Å². The van der Waals surface area contributed by atoms with E-state index >= 15 is 0 Å². The first-order valence-corrected chi connectivity index (χ1v) is 11.5. The molecule has 5 heteroatoms. The summed E-state index contributed by atoms with van der Waals surface area (Å²) in [7, 11) is 0. The van der Waals surface area contributed by atoms with Gasteiger partial charge >= 0.3 is 0 Å². The van der Waals surface area contributed by atoms with Crippen molar-refractivity contribution in [2.45, 2.75) is 45.7 Å². The second kappa shape index (κ2) is 9.47. The lowest BCUT2D eigenvalue weighted by atomic mass is 9.99. The van der Waals surface area contributed by atoms with Gasteiger partial charge in [0.05, 0.1) is 12.0 Å². The van der Waals surface area contributed by atoms with E-state index in [1.54, 1.807) is 11.3 Å². The highest BCUT2D eigenvalue weighted by Gasteiger charge is 2.29. The summed E-state index contributed by atoms with van der Waals surface area (Å²) in [5, 5.41) is 13.5. The first-order chi connectivity index (χ1) is 15.0. The summed E-state index contributed by atoms with van der Waals surface area (Å²) < 4.78 is 0. The van der Waals surface area contributed by atoms with Crippen molar-refractivity contribution < 1.29 is 4.79 Å². The summed E-state index contributed by atoms with van der Waals surface area (Å²) in [4.78, 5) is 16.3. The van der Waals surface area contributed by atoms with Crippen LogP contribution in [0.2, 0.25) is 0 Å². The quantitative estimate of drug-likeness (QED) is 0.593. The number of hydrogen-bond donors (Lipinski definition) is 1. The third kappa shape index (κ3) is 5.04. The molecule has 1 amide bonds. The molecule has 31 heavy (non-hydrogen) atoms. The number of nitrogens with zero attached hydrogens (tertiary/aromatic N) is 2. The molecular weight excluding hydrogens is 402 g/mol. The maximum atomic E-state index is 12.6. The Labute approximate surface area is 188 Å². The molecule has 3 aromatic rings. The van der Waals surface area contributed by atoms with E-state index in [0.717, 1.165) is 37.1 Å². The van der Waals surface area contributed by atoms with E-state index in [2.05, 4.69) is 47.5 Å². The minimum atomic E-state index is -0.0760. The van der Waals surface area contributed by atoms with Crippen molar-refractivity contribution in [1.29, 1.82) is 5.26 Å². The van der Waals surface area contributed by atoms with Crippen LogP contribution in [-0.4, -0.2) is 23.4 Å². The Morgan fingerprint density at radius 3 is 2.61 bits per heavy atom. The molecule has 2 heterocycles. The van der Waals surface area contributed by atoms with E-state index in [1.165, 1.54) is 16.0 Å². The molecular formula is C26H27N3OS. The van der Waals surface area contributed by atoms with Gasteiger partial charge in [-0.3, -0.25) is 9.69 Å². The molecule has 0 spiro atoms. The summed E-state index contributed by atoms with van der Waals surface area (Å²) in [5.74, 6) is -0.0760. The largest absolute Gasteiger partial charge is 0.316 e. The Morgan fingerprint density at radius 2 is 1.90 bits per heavy atom. The van der Waals surface area contributed by atoms with E-state index in [0.29, 0.717) is 23.0 Å². The summed E-state index contributed by atoms with van der Waals surface area (Å²) in [6.07, 6.45) is 2.22. The van der Waals surface area contributed by atoms with Gasteiger partial charge in [0.25, 0.3) is 0 Å². The lowest BCUT2D eigenvalue weighted by molar-refractivity contribution is -0.115. The predicted molar refractivity (Wildman–Crippen MR) is 126 cm³/mol. The molecule has 2 aromatic carbocycles. The van der Waals surface area contributed by atoms with Crippen LogP contribution in [0.4, 0.5) is 5.00 Å². The number of rotatable bonds is 6. The van der Waals surface area contributed by atoms with Crippen molar-refractivity contribution in [2.24, 2.45) is 0 Å². The number of fused-ring (bicyclic) bond motifs is 1. The van der Waals surface area contributed by atoms with Gasteiger partial charge in [-0.1, -0.05) is 60.2 Å². The SMILES string of the molecule is Cc1ccc(CC(=O)Nc2sc3c(c2C#N)CN(CCc2ccccc2)C(C)C3)cc1. The van der Waals surface area contributed by atoms with Crippen molar-refractivity contribution >= 4 is 22.2 Å². The maximum Gasteiger partial charge on any atom is 0.229 e. The number of benzene rings is 2. The molecule has 0 aliphatic carbocycles. The van der Waals surface area contributed by atoms with Gasteiger partial charge in [-0.2, -0.15) is 5.26 Å². The normalized spacial score (nSPS) is 15.8. The Hall–Kier alpha value is -2.94. The molecule has 4 rings (SSSR count). The fraction of sp³-hybridized carbons (Fsp3) is 0.308. The molecule has 1 atom stereocenters. The number of carbonyl (C=O) groups is 1. The van der Waals surface area contributed by atoms with E-state index in [1.807, 2.05) is 37.3 Å². The van der Waals surface area contributed by atoms with E-state index in [4.69, 9.17) is 0 Å². The lowest BCUT2D eigenvalue weighted by Gasteiger charge is -2.33. The average Bonchev–Trinajstić information content (AvgIpc) is 3.09. The average molecular weight is 430 g/mol. The van der Waals surface area contributed by atoms with Gasteiger partial charge in [0.2, 0.25) is 5.91 Å². The van der Waals surface area contributed by atoms with E-state index < -0.39 is 0 Å². The summed E-state index contributed by atoms with van der Waals surface area (Å²) in [6, 6.07) is 21.3. The van der Waals surface area contributed by atoms with Crippen LogP contribution >= 0.6 is 11.3 Å². The Balaban J connectivity index is 1.46. The highest BCUT2D eigenvalue weighted by Crippen LogP contribution is 2.38. The summed E-state index contributed by atoms with van der Waals surface area (Å²) >= 11 is 1.57. The monoisotopic (exact) mass is 429 g/mol. The Bertz CT molecular complexity index is 1100. The molecule has 0 saturated carbocycles. The van der Waals surface area contributed by atoms with Crippen molar-refractivity contribution in [2.75, 3.05) is 11.9 Å². The van der Waals surface area contributed by atoms with Crippen LogP contribution in [0.3, 0.4) is 0 Å². The summed E-state index contributed by atoms with van der Waals surface area (Å²) in [6.45, 7) is 6.00. The molecule has 0 bridgehead atoms. The third-order valence-electron chi connectivity index (χ3n) is 5.94. The molecule has 1 unspecified atom stereocenters. The van der Waals surface area contributed by atoms with Crippen LogP contribution in [0, 0.1) is 18.3 Å². The second-order valence-electron chi connectivity index (χ2n) is 8.29. The van der Waals surface area contributed by atoms with E-state index in [9.17, 15) is 10.1 Å². The van der Waals surface area contributed by atoms with Gasteiger partial charge < -0.3 is 5.32 Å². The first-order valence-electron chi connectivity index (χ1n) is 10.7. The van der Waals surface area contributed by atoms with Gasteiger partial charge in [0.1, 0.15) is 11.1 Å². The topological polar surface area (TPSA) is 56.1 Å². The molecule has 158 valence electrons. The minimum absolute atomic E-state index is 0.0760. The smallest absolute Gasteiger partial charge is 0.229 e. The molecule has 4 nitrogen and oxygen atoms in total. The van der Waals surface area contributed by atoms with Crippen LogP contribution < -0.4 is 5.32 Å². The number of hydrogen-bond acceptors (Lipinski definition) is 4. The number of aryl methyl sites for hydroxylation is 1. The van der Waals surface area contributed by atoms with Crippen LogP contribution in [-0.2, 0) is 30.6 Å². The standard InChI is InChI=1S/C26H27N3OS/c1-18-8-10-21(11-9-18)15-25(30)28-26-22(16-27)23-17-29(19(2)14-24(23)31-26)13-12-20-6-4-3-5-7-20/h3-11,19H,12-15,17H2,1-2H3,(H,28,30). The zero-order valence-corrected chi connectivity index (χ0v) is 18.8.